The van der Waals surface area contributed by atoms with Crippen molar-refractivity contribution in [2.75, 3.05) is 20.6 Å². The fourth-order valence-corrected chi connectivity index (χ4v) is 4.07. The highest BCUT2D eigenvalue weighted by molar-refractivity contribution is 5.62. The molecule has 1 saturated heterocycles. The quantitative estimate of drug-likeness (QED) is 0.841. The summed E-state index contributed by atoms with van der Waals surface area (Å²) >= 11 is 0. The van der Waals surface area contributed by atoms with Crippen molar-refractivity contribution in [3.05, 3.63) is 35.4 Å². The molecule has 2 bridgehead atoms. The topological polar surface area (TPSA) is 41.9 Å². The summed E-state index contributed by atoms with van der Waals surface area (Å²) in [4.78, 5) is 0.856. The second-order valence-electron chi connectivity index (χ2n) is 5.86. The van der Waals surface area contributed by atoms with Crippen LogP contribution in [0.25, 0.3) is 0 Å². The molecule has 4 heteroatoms. The number of hydrogen-bond acceptors (Lipinski definition) is 4. The van der Waals surface area contributed by atoms with Crippen LogP contribution in [0.1, 0.15) is 34.0 Å². The number of aliphatic hydroxyl groups excluding tert-OH is 1. The predicted octanol–water partition coefficient (Wildman–Crippen LogP) is 1.50. The van der Waals surface area contributed by atoms with Crippen LogP contribution in [0, 0.1) is 5.89 Å². The number of hydrogen-bond donors (Lipinski definition) is 1. The van der Waals surface area contributed by atoms with Crippen LogP contribution in [0.2, 0.25) is 0 Å². The molecule has 0 saturated carbocycles. The molecule has 2 aliphatic carbocycles. The average molecular weight is 312 g/mol. The Balaban J connectivity index is 1.96. The number of nitrogens with zero attached hydrogens (tertiary/aromatic N) is 1. The lowest BCUT2D eigenvalue weighted by molar-refractivity contribution is -0.0453. The SMILES string of the molecule is [2H]OC1C=C[C@@]2([2H])[C@@H]3N(C([2H])([2H])[2H])CC[C@@]24c2c(c(OC([2H])([2H])[2H])c([2H])c([2H])c2C3([2H])[2H])OC14[2H]. The third-order valence-corrected chi connectivity index (χ3v) is 4.96. The molecular formula is C18H21NO3. The van der Waals surface area contributed by atoms with Crippen LogP contribution in [0.4, 0.5) is 0 Å². The highest BCUT2D eigenvalue weighted by Crippen LogP contribution is 2.62. The molecule has 5 rings (SSSR count). The smallest absolute Gasteiger partial charge is 0.211 e. The number of methoxy groups -OCH3 is 1. The molecule has 2 unspecified atom stereocenters. The summed E-state index contributed by atoms with van der Waals surface area (Å²) in [5.74, 6) is -3.34. The number of likely N-dealkylation sites (N-methyl/N-ethyl adjacent to an activating group) is 1. The molecule has 1 aromatic carbocycles. The van der Waals surface area contributed by atoms with E-state index in [2.05, 4.69) is 0 Å². The number of benzene rings is 1. The monoisotopic (exact) mass is 312 g/mol. The van der Waals surface area contributed by atoms with E-state index in [1.54, 1.807) is 0 Å². The minimum absolute atomic E-state index is 0.180. The maximum Gasteiger partial charge on any atom is 0.211 e. The third kappa shape index (κ3) is 1.28. The van der Waals surface area contributed by atoms with Crippen molar-refractivity contribution >= 4 is 0 Å². The van der Waals surface area contributed by atoms with Gasteiger partial charge >= 0.3 is 0 Å². The second-order valence-corrected chi connectivity index (χ2v) is 5.86. The molecule has 0 radical (unpaired) electrons. The number of aliphatic hydroxyl groups is 1. The number of likely N-dealkylation sites (tertiary alicyclic amines) is 1. The first kappa shape index (κ1) is 5.53. The van der Waals surface area contributed by atoms with Crippen molar-refractivity contribution in [1.82, 2.24) is 4.90 Å². The molecule has 1 aromatic rings. The van der Waals surface area contributed by atoms with Crippen molar-refractivity contribution in [2.24, 2.45) is 5.89 Å². The Labute approximate surface area is 148 Å². The molecule has 2 aliphatic heterocycles. The highest BCUT2D eigenvalue weighted by atomic mass is 16.5. The van der Waals surface area contributed by atoms with E-state index in [9.17, 15) is 2.74 Å². The lowest BCUT2D eigenvalue weighted by atomic mass is 9.53. The largest absolute Gasteiger partial charge is 0.493 e. The summed E-state index contributed by atoms with van der Waals surface area (Å²) in [6.45, 7) is -3.11. The van der Waals surface area contributed by atoms with E-state index in [1.165, 1.54) is 12.2 Å². The first-order chi connectivity index (χ1) is 15.9. The van der Waals surface area contributed by atoms with Gasteiger partial charge < -0.3 is 19.5 Å². The Morgan fingerprint density at radius 2 is 2.64 bits per heavy atom. The van der Waals surface area contributed by atoms with Gasteiger partial charge in [-0.2, -0.15) is 0 Å². The van der Waals surface area contributed by atoms with Crippen LogP contribution in [-0.2, 0) is 11.8 Å². The predicted molar refractivity (Wildman–Crippen MR) is 82.5 cm³/mol. The maximum atomic E-state index is 9.51. The van der Waals surface area contributed by atoms with Crippen LogP contribution in [0.5, 0.6) is 11.5 Å². The van der Waals surface area contributed by atoms with E-state index in [1.807, 2.05) is 0 Å². The van der Waals surface area contributed by atoms with Gasteiger partial charge in [-0.3, -0.25) is 0 Å². The fraction of sp³-hybridized carbons (Fsp3) is 0.556. The van der Waals surface area contributed by atoms with Gasteiger partial charge in [-0.1, -0.05) is 18.2 Å². The molecule has 5 atom stereocenters. The molecule has 0 aromatic heterocycles. The first-order valence-corrected chi connectivity index (χ1v) is 7.03. The molecule has 0 amide bonds. The molecule has 22 heavy (non-hydrogen) atoms. The number of piperidine rings is 1. The normalized spacial score (nSPS) is 59.7. The van der Waals surface area contributed by atoms with E-state index < -0.39 is 79.1 Å². The second kappa shape index (κ2) is 4.06. The molecule has 116 valence electrons. The summed E-state index contributed by atoms with van der Waals surface area (Å²) in [6, 6.07) is -3.30. The molecule has 1 fully saturated rings. The Morgan fingerprint density at radius 1 is 1.64 bits per heavy atom. The molecule has 4 nitrogen and oxygen atoms in total. The van der Waals surface area contributed by atoms with E-state index >= 15 is 0 Å². The van der Waals surface area contributed by atoms with Crippen LogP contribution in [0.15, 0.2) is 24.2 Å². The van der Waals surface area contributed by atoms with Crippen molar-refractivity contribution < 1.29 is 31.0 Å². The Morgan fingerprint density at radius 3 is 3.50 bits per heavy atom. The van der Waals surface area contributed by atoms with Crippen LogP contribution < -0.4 is 9.47 Å². The van der Waals surface area contributed by atoms with E-state index in [-0.39, 0.29) is 18.5 Å². The van der Waals surface area contributed by atoms with Gasteiger partial charge in [0, 0.05) is 31.1 Å². The van der Waals surface area contributed by atoms with Crippen LogP contribution >= 0.6 is 0 Å². The lowest BCUT2D eigenvalue weighted by Crippen LogP contribution is -2.64. The molecule has 1 spiro atoms. The summed E-state index contributed by atoms with van der Waals surface area (Å²) in [5.41, 5.74) is -2.49. The van der Waals surface area contributed by atoms with Crippen molar-refractivity contribution in [2.45, 2.75) is 36.4 Å². The van der Waals surface area contributed by atoms with Crippen molar-refractivity contribution in [3.8, 4) is 11.5 Å². The molecule has 4 aliphatic rings. The molecule has 2 heterocycles. The molecular weight excluding hydrogens is 278 g/mol. The zero-order valence-corrected chi connectivity index (χ0v) is 11.4. The summed E-state index contributed by atoms with van der Waals surface area (Å²) in [5, 5.41) is 4.73. The average Bonchev–Trinajstić information content (AvgIpc) is 2.96. The first-order valence-electron chi connectivity index (χ1n) is 13.4. The van der Waals surface area contributed by atoms with Gasteiger partial charge in [0.15, 0.2) is 11.5 Å². The van der Waals surface area contributed by atoms with Gasteiger partial charge in [0.2, 0.25) is 1.43 Å². The van der Waals surface area contributed by atoms with Crippen molar-refractivity contribution in [3.63, 3.8) is 0 Å². The van der Waals surface area contributed by atoms with Gasteiger partial charge in [0.25, 0.3) is 0 Å². The zero-order chi connectivity index (χ0) is 26.1. The lowest BCUT2D eigenvalue weighted by Gasteiger charge is -2.56. The highest BCUT2D eigenvalue weighted by Gasteiger charge is 2.64. The van der Waals surface area contributed by atoms with Gasteiger partial charge in [-0.15, -0.1) is 0 Å². The Kier molecular flexibility index (Phi) is 1.02. The Hall–Kier alpha value is -1.52. The Bertz CT molecular complexity index is 1150. The van der Waals surface area contributed by atoms with Crippen molar-refractivity contribution in [1.29, 1.82) is 1.43 Å². The van der Waals surface area contributed by atoms with Gasteiger partial charge in [-0.25, -0.2) is 0 Å². The molecule has 1 N–H and O–H groups in total. The van der Waals surface area contributed by atoms with E-state index in [0.717, 1.165) is 4.90 Å². The summed E-state index contributed by atoms with van der Waals surface area (Å²) in [7, 11) is -3.08. The minimum atomic E-state index is -3.08. The standard InChI is InChI=1S/C18H21NO3/c1-19-8-7-18-11-4-5-13(20)17(18)22-16-14(21-2)6-3-10(15(16)18)9-12(11)19/h3-6,11-13,17,20H,7-9H2,1-2H3/t11-,12+,13?,17?,18-/m0/s1/i1D3,2D3,3D,6D,9D2,11D,17D,20D. The van der Waals surface area contributed by atoms with Crippen LogP contribution in [0.3, 0.4) is 0 Å². The van der Waals surface area contributed by atoms with Gasteiger partial charge in [0.05, 0.1) is 15.3 Å². The maximum absolute atomic E-state index is 9.51. The summed E-state index contributed by atoms with van der Waals surface area (Å²) < 4.78 is 119. The van der Waals surface area contributed by atoms with E-state index in [4.69, 9.17) is 29.7 Å². The van der Waals surface area contributed by atoms with Gasteiger partial charge in [-0.05, 0) is 37.9 Å². The zero-order valence-electron chi connectivity index (χ0n) is 24.4. The van der Waals surface area contributed by atoms with Gasteiger partial charge in [0.1, 0.15) is 12.2 Å². The minimum Gasteiger partial charge on any atom is -0.493 e. The van der Waals surface area contributed by atoms with E-state index in [0.29, 0.717) is 0 Å². The fourth-order valence-electron chi connectivity index (χ4n) is 4.07. The summed E-state index contributed by atoms with van der Waals surface area (Å²) in [6.07, 6.45) is -4.34. The third-order valence-electron chi connectivity index (χ3n) is 4.96. The number of ether oxygens (including phenoxy) is 2. The number of rotatable bonds is 2. The van der Waals surface area contributed by atoms with Crippen LogP contribution in [-0.4, -0.2) is 50.2 Å².